The zero-order chi connectivity index (χ0) is 15.6. The highest BCUT2D eigenvalue weighted by atomic mass is 19.1. The van der Waals surface area contributed by atoms with Gasteiger partial charge in [0.15, 0.2) is 0 Å². The number of halogens is 1. The van der Waals surface area contributed by atoms with E-state index in [-0.39, 0.29) is 11.7 Å². The lowest BCUT2D eigenvalue weighted by Gasteiger charge is -2.26. The van der Waals surface area contributed by atoms with Gasteiger partial charge in [-0.2, -0.15) is 0 Å². The topological polar surface area (TPSA) is 42.0 Å². The minimum Gasteiger partial charge on any atom is -0.342 e. The molecule has 4 heteroatoms. The smallest absolute Gasteiger partial charge is 0.252 e. The highest BCUT2D eigenvalue weighted by molar-refractivity contribution is 5.97. The zero-order valence-electron chi connectivity index (χ0n) is 12.7. The Hall–Kier alpha value is -2.23. The number of aromatic nitrogens is 1. The molecule has 21 heavy (non-hydrogen) atoms. The van der Waals surface area contributed by atoms with Crippen LogP contribution in [0.15, 0.2) is 36.5 Å². The van der Waals surface area contributed by atoms with E-state index in [0.29, 0.717) is 16.7 Å². The Morgan fingerprint density at radius 2 is 1.81 bits per heavy atom. The maximum Gasteiger partial charge on any atom is 0.252 e. The summed E-state index contributed by atoms with van der Waals surface area (Å²) in [5.74, 6) is -0.550. The lowest BCUT2D eigenvalue weighted by molar-refractivity contribution is 0.0909. The van der Waals surface area contributed by atoms with Gasteiger partial charge in [0.05, 0.1) is 11.2 Å². The van der Waals surface area contributed by atoms with Crippen LogP contribution in [0.2, 0.25) is 0 Å². The Morgan fingerprint density at radius 3 is 2.33 bits per heavy atom. The number of nitrogens with one attached hydrogen (secondary N) is 1. The second-order valence-corrected chi connectivity index (χ2v) is 5.71. The molecule has 110 valence electrons. The normalized spacial score (nSPS) is 11.3. The number of hydrogen-bond acceptors (Lipinski definition) is 2. The molecule has 1 aromatic carbocycles. The summed E-state index contributed by atoms with van der Waals surface area (Å²) in [5.41, 5.74) is 1.94. The summed E-state index contributed by atoms with van der Waals surface area (Å²) in [5, 5.41) is 2.97. The maximum atomic E-state index is 13.3. The van der Waals surface area contributed by atoms with Crippen LogP contribution in [0.5, 0.6) is 0 Å². The number of carbonyl (C=O) groups is 1. The van der Waals surface area contributed by atoms with Gasteiger partial charge in [0.2, 0.25) is 0 Å². The van der Waals surface area contributed by atoms with E-state index >= 15 is 0 Å². The summed E-state index contributed by atoms with van der Waals surface area (Å²) in [7, 11) is 0. The molecule has 0 unspecified atom stereocenters. The van der Waals surface area contributed by atoms with E-state index < -0.39 is 5.54 Å². The minimum atomic E-state index is -0.606. The van der Waals surface area contributed by atoms with E-state index in [9.17, 15) is 9.18 Å². The van der Waals surface area contributed by atoms with E-state index in [1.165, 1.54) is 12.1 Å². The highest BCUT2D eigenvalue weighted by Crippen LogP contribution is 2.21. The van der Waals surface area contributed by atoms with Crippen LogP contribution in [-0.2, 0) is 5.54 Å². The fourth-order valence-corrected chi connectivity index (χ4v) is 2.41. The van der Waals surface area contributed by atoms with Gasteiger partial charge in [0.1, 0.15) is 5.82 Å². The van der Waals surface area contributed by atoms with Gasteiger partial charge in [0, 0.05) is 11.8 Å². The number of amides is 1. The first-order chi connectivity index (χ1) is 9.81. The molecule has 0 spiro atoms. The van der Waals surface area contributed by atoms with Gasteiger partial charge in [0.25, 0.3) is 5.91 Å². The predicted octanol–water partition coefficient (Wildman–Crippen LogP) is 3.50. The van der Waals surface area contributed by atoms with Gasteiger partial charge in [-0.15, -0.1) is 0 Å². The molecule has 3 nitrogen and oxygen atoms in total. The largest absolute Gasteiger partial charge is 0.342 e. The third kappa shape index (κ3) is 3.27. The van der Waals surface area contributed by atoms with Crippen molar-refractivity contribution < 1.29 is 9.18 Å². The van der Waals surface area contributed by atoms with Gasteiger partial charge in [-0.3, -0.25) is 9.78 Å². The fraction of sp³-hybridized carbons (Fsp3) is 0.294. The van der Waals surface area contributed by atoms with E-state index in [0.717, 1.165) is 5.69 Å². The second-order valence-electron chi connectivity index (χ2n) is 5.71. The molecule has 2 rings (SSSR count). The fourth-order valence-electron chi connectivity index (χ4n) is 2.41. The van der Waals surface area contributed by atoms with Crippen LogP contribution in [0.25, 0.3) is 0 Å². The van der Waals surface area contributed by atoms with Crippen molar-refractivity contribution in [2.24, 2.45) is 0 Å². The van der Waals surface area contributed by atoms with Crippen LogP contribution in [0.3, 0.4) is 0 Å². The number of rotatable bonds is 3. The first-order valence-electron chi connectivity index (χ1n) is 6.82. The van der Waals surface area contributed by atoms with Gasteiger partial charge >= 0.3 is 0 Å². The SMILES string of the molecule is Cc1cc(F)cc(C)c1C(=O)NC(C)(C)c1ccccn1. The van der Waals surface area contributed by atoms with Crippen LogP contribution >= 0.6 is 0 Å². The highest BCUT2D eigenvalue weighted by Gasteiger charge is 2.26. The quantitative estimate of drug-likeness (QED) is 0.938. The lowest BCUT2D eigenvalue weighted by Crippen LogP contribution is -2.42. The van der Waals surface area contributed by atoms with Crippen molar-refractivity contribution in [3.63, 3.8) is 0 Å². The molecule has 1 heterocycles. The molecule has 0 fully saturated rings. The first-order valence-corrected chi connectivity index (χ1v) is 6.82. The summed E-state index contributed by atoms with van der Waals surface area (Å²) < 4.78 is 13.3. The molecule has 0 aliphatic carbocycles. The Morgan fingerprint density at radius 1 is 1.19 bits per heavy atom. The van der Waals surface area contributed by atoms with Crippen molar-refractivity contribution in [2.45, 2.75) is 33.2 Å². The Kier molecular flexibility index (Phi) is 4.07. The molecule has 0 saturated carbocycles. The van der Waals surface area contributed by atoms with Crippen molar-refractivity contribution in [1.29, 1.82) is 0 Å². The van der Waals surface area contributed by atoms with E-state index in [4.69, 9.17) is 0 Å². The molecule has 0 bridgehead atoms. The second kappa shape index (κ2) is 5.64. The zero-order valence-corrected chi connectivity index (χ0v) is 12.7. The van der Waals surface area contributed by atoms with Crippen molar-refractivity contribution in [1.82, 2.24) is 10.3 Å². The molecule has 0 aliphatic rings. The van der Waals surface area contributed by atoms with Crippen LogP contribution in [0, 0.1) is 19.7 Å². The number of carbonyl (C=O) groups excluding carboxylic acids is 1. The number of nitrogens with zero attached hydrogens (tertiary/aromatic N) is 1. The van der Waals surface area contributed by atoms with E-state index in [2.05, 4.69) is 10.3 Å². The number of aryl methyl sites for hydroxylation is 2. The summed E-state index contributed by atoms with van der Waals surface area (Å²) in [6.07, 6.45) is 1.69. The molecule has 1 amide bonds. The van der Waals surface area contributed by atoms with Crippen LogP contribution in [-0.4, -0.2) is 10.9 Å². The molecule has 0 atom stereocenters. The molecule has 1 aromatic heterocycles. The maximum absolute atomic E-state index is 13.3. The molecule has 1 N–H and O–H groups in total. The summed E-state index contributed by atoms with van der Waals surface area (Å²) in [4.78, 5) is 16.8. The third-order valence-corrected chi connectivity index (χ3v) is 3.46. The molecule has 0 saturated heterocycles. The molecular formula is C17H19FN2O. The van der Waals surface area contributed by atoms with Crippen molar-refractivity contribution in [3.05, 3.63) is 64.7 Å². The summed E-state index contributed by atoms with van der Waals surface area (Å²) in [6.45, 7) is 7.25. The van der Waals surface area contributed by atoms with Crippen LogP contribution < -0.4 is 5.32 Å². The summed E-state index contributed by atoms with van der Waals surface area (Å²) in [6, 6.07) is 8.32. The average molecular weight is 286 g/mol. The van der Waals surface area contributed by atoms with Crippen LogP contribution in [0.1, 0.15) is 41.0 Å². The Balaban J connectivity index is 2.30. The monoisotopic (exact) mass is 286 g/mol. The van der Waals surface area contributed by atoms with Crippen molar-refractivity contribution in [2.75, 3.05) is 0 Å². The molecule has 2 aromatic rings. The number of benzene rings is 1. The third-order valence-electron chi connectivity index (χ3n) is 3.46. The van der Waals surface area contributed by atoms with Gasteiger partial charge < -0.3 is 5.32 Å². The van der Waals surface area contributed by atoms with Gasteiger partial charge in [-0.1, -0.05) is 6.07 Å². The summed E-state index contributed by atoms with van der Waals surface area (Å²) >= 11 is 0. The van der Waals surface area contributed by atoms with E-state index in [1.54, 1.807) is 20.0 Å². The lowest BCUT2D eigenvalue weighted by atomic mass is 9.96. The van der Waals surface area contributed by atoms with Crippen molar-refractivity contribution >= 4 is 5.91 Å². The number of hydrogen-bond donors (Lipinski definition) is 1. The molecule has 0 radical (unpaired) electrons. The van der Waals surface area contributed by atoms with Crippen molar-refractivity contribution in [3.8, 4) is 0 Å². The Bertz CT molecular complexity index is 643. The minimum absolute atomic E-state index is 0.222. The predicted molar refractivity (Wildman–Crippen MR) is 80.6 cm³/mol. The standard InChI is InChI=1S/C17H19FN2O/c1-11-9-13(18)10-12(2)15(11)16(21)20-17(3,4)14-7-5-6-8-19-14/h5-10H,1-4H3,(H,20,21). The van der Waals surface area contributed by atoms with Gasteiger partial charge in [-0.05, 0) is 63.1 Å². The Labute approximate surface area is 124 Å². The number of pyridine rings is 1. The van der Waals surface area contributed by atoms with Crippen LogP contribution in [0.4, 0.5) is 4.39 Å². The molecule has 0 aliphatic heterocycles. The molecular weight excluding hydrogens is 267 g/mol. The first kappa shape index (κ1) is 15.2. The van der Waals surface area contributed by atoms with Gasteiger partial charge in [-0.25, -0.2) is 4.39 Å². The average Bonchev–Trinajstić information content (AvgIpc) is 2.37. The van der Waals surface area contributed by atoms with E-state index in [1.807, 2.05) is 32.0 Å².